The molecule has 1 aromatic carbocycles. The summed E-state index contributed by atoms with van der Waals surface area (Å²) in [5, 5.41) is 3.19. The van der Waals surface area contributed by atoms with Crippen molar-refractivity contribution in [2.75, 3.05) is 13.1 Å². The van der Waals surface area contributed by atoms with Gasteiger partial charge in [0.15, 0.2) is 5.78 Å². The molecule has 0 unspecified atom stereocenters. The number of ketones is 1. The molecule has 1 heterocycles. The van der Waals surface area contributed by atoms with E-state index >= 15 is 0 Å². The topological polar surface area (TPSA) is 29.1 Å². The van der Waals surface area contributed by atoms with Crippen molar-refractivity contribution in [2.45, 2.75) is 12.8 Å². The van der Waals surface area contributed by atoms with E-state index in [1.165, 1.54) is 6.07 Å². The van der Waals surface area contributed by atoms with Gasteiger partial charge in [-0.15, -0.1) is 12.4 Å². The molecule has 0 radical (unpaired) electrons. The van der Waals surface area contributed by atoms with Gasteiger partial charge in [0.1, 0.15) is 5.82 Å². The molecule has 1 N–H and O–H groups in total. The summed E-state index contributed by atoms with van der Waals surface area (Å²) in [6.07, 6.45) is 1.60. The monoisotopic (exact) mass is 321 g/mol. The van der Waals surface area contributed by atoms with Gasteiger partial charge in [-0.05, 0) is 44.1 Å². The van der Waals surface area contributed by atoms with Gasteiger partial charge in [0, 0.05) is 10.4 Å². The van der Waals surface area contributed by atoms with Gasteiger partial charge in [-0.25, -0.2) is 4.39 Å². The molecule has 0 aromatic heterocycles. The summed E-state index contributed by atoms with van der Waals surface area (Å²) in [6.45, 7) is 1.68. The Balaban J connectivity index is 0.00000144. The number of rotatable bonds is 2. The molecular formula is C12H14BrClFNO. The van der Waals surface area contributed by atoms with Gasteiger partial charge < -0.3 is 5.32 Å². The number of piperidine rings is 1. The predicted octanol–water partition coefficient (Wildman–Crippen LogP) is 3.19. The van der Waals surface area contributed by atoms with Gasteiger partial charge in [0.2, 0.25) is 0 Å². The fourth-order valence-corrected chi connectivity index (χ4v) is 2.33. The minimum atomic E-state index is -0.432. The van der Waals surface area contributed by atoms with Crippen molar-refractivity contribution in [1.29, 1.82) is 0 Å². The number of halogens is 3. The van der Waals surface area contributed by atoms with E-state index in [9.17, 15) is 9.18 Å². The molecule has 1 aliphatic rings. The number of carbonyl (C=O) groups excluding carboxylic acids is 1. The minimum Gasteiger partial charge on any atom is -0.317 e. The Hall–Kier alpha value is -0.450. The van der Waals surface area contributed by atoms with Gasteiger partial charge in [-0.3, -0.25) is 4.79 Å². The summed E-state index contributed by atoms with van der Waals surface area (Å²) >= 11 is 3.18. The Bertz CT molecular complexity index is 407. The van der Waals surface area contributed by atoms with E-state index in [4.69, 9.17) is 0 Å². The van der Waals surface area contributed by atoms with Crippen molar-refractivity contribution in [1.82, 2.24) is 5.32 Å². The molecule has 1 fully saturated rings. The Labute approximate surface area is 115 Å². The maximum atomic E-state index is 13.6. The van der Waals surface area contributed by atoms with Crippen LogP contribution < -0.4 is 5.32 Å². The summed E-state index contributed by atoms with van der Waals surface area (Å²) < 4.78 is 14.2. The molecule has 0 spiro atoms. The standard InChI is InChI=1S/C12H13BrFNO.ClH/c13-9-1-2-10(11(14)7-9)12(16)8-3-5-15-6-4-8;/h1-2,7-8,15H,3-6H2;1H. The lowest BCUT2D eigenvalue weighted by molar-refractivity contribution is 0.0891. The Morgan fingerprint density at radius 2 is 2.00 bits per heavy atom. The van der Waals surface area contributed by atoms with E-state index in [2.05, 4.69) is 21.2 Å². The van der Waals surface area contributed by atoms with Gasteiger partial charge in [-0.1, -0.05) is 15.9 Å². The third-order valence-electron chi connectivity index (χ3n) is 2.91. The van der Waals surface area contributed by atoms with Crippen LogP contribution >= 0.6 is 28.3 Å². The number of benzene rings is 1. The molecule has 1 aliphatic heterocycles. The number of hydrogen-bond donors (Lipinski definition) is 1. The maximum Gasteiger partial charge on any atom is 0.168 e. The third kappa shape index (κ3) is 3.50. The van der Waals surface area contributed by atoms with Gasteiger partial charge in [0.25, 0.3) is 0 Å². The lowest BCUT2D eigenvalue weighted by atomic mass is 9.89. The molecule has 0 amide bonds. The number of carbonyl (C=O) groups is 1. The molecule has 17 heavy (non-hydrogen) atoms. The van der Waals surface area contributed by atoms with Crippen LogP contribution in [0.2, 0.25) is 0 Å². The molecule has 1 saturated heterocycles. The first-order valence-corrected chi connectivity index (χ1v) is 6.18. The van der Waals surface area contributed by atoms with Crippen LogP contribution in [0.15, 0.2) is 22.7 Å². The molecular weight excluding hydrogens is 308 g/mol. The van der Waals surface area contributed by atoms with Crippen molar-refractivity contribution in [3.8, 4) is 0 Å². The van der Waals surface area contributed by atoms with Crippen LogP contribution in [-0.4, -0.2) is 18.9 Å². The van der Waals surface area contributed by atoms with Crippen LogP contribution in [0.25, 0.3) is 0 Å². The second-order valence-corrected chi connectivity index (χ2v) is 4.93. The van der Waals surface area contributed by atoms with Crippen LogP contribution in [-0.2, 0) is 0 Å². The predicted molar refractivity (Wildman–Crippen MR) is 71.3 cm³/mol. The van der Waals surface area contributed by atoms with Crippen molar-refractivity contribution in [3.63, 3.8) is 0 Å². The number of nitrogens with one attached hydrogen (secondary N) is 1. The van der Waals surface area contributed by atoms with E-state index in [0.717, 1.165) is 25.9 Å². The fraction of sp³-hybridized carbons (Fsp3) is 0.417. The molecule has 0 aliphatic carbocycles. The van der Waals surface area contributed by atoms with Crippen LogP contribution in [0.5, 0.6) is 0 Å². The van der Waals surface area contributed by atoms with Crippen molar-refractivity contribution >= 4 is 34.1 Å². The molecule has 94 valence electrons. The summed E-state index contributed by atoms with van der Waals surface area (Å²) in [7, 11) is 0. The van der Waals surface area contributed by atoms with Crippen molar-refractivity contribution in [2.24, 2.45) is 5.92 Å². The zero-order valence-electron chi connectivity index (χ0n) is 9.21. The summed E-state index contributed by atoms with van der Waals surface area (Å²) in [5.41, 5.74) is 0.218. The van der Waals surface area contributed by atoms with E-state index in [-0.39, 0.29) is 29.7 Å². The Kier molecular flexibility index (Phi) is 5.56. The van der Waals surface area contributed by atoms with Crippen LogP contribution in [0.1, 0.15) is 23.2 Å². The average molecular weight is 323 g/mol. The minimum absolute atomic E-state index is 0. The van der Waals surface area contributed by atoms with Crippen molar-refractivity contribution < 1.29 is 9.18 Å². The molecule has 2 nitrogen and oxygen atoms in total. The second-order valence-electron chi connectivity index (χ2n) is 4.01. The highest BCUT2D eigenvalue weighted by Crippen LogP contribution is 2.22. The van der Waals surface area contributed by atoms with Gasteiger partial charge in [-0.2, -0.15) is 0 Å². The Morgan fingerprint density at radius 3 is 2.59 bits per heavy atom. The van der Waals surface area contributed by atoms with E-state index in [1.54, 1.807) is 12.1 Å². The Morgan fingerprint density at radius 1 is 1.35 bits per heavy atom. The largest absolute Gasteiger partial charge is 0.317 e. The smallest absolute Gasteiger partial charge is 0.168 e. The molecule has 1 aromatic rings. The molecule has 2 rings (SSSR count). The first-order valence-electron chi connectivity index (χ1n) is 5.38. The fourth-order valence-electron chi connectivity index (χ4n) is 1.99. The maximum absolute atomic E-state index is 13.6. The SMILES string of the molecule is Cl.O=C(c1ccc(Br)cc1F)C1CCNCC1. The van der Waals surface area contributed by atoms with E-state index in [0.29, 0.717) is 4.47 Å². The highest BCUT2D eigenvalue weighted by Gasteiger charge is 2.24. The quantitative estimate of drug-likeness (QED) is 0.847. The van der Waals surface area contributed by atoms with Crippen LogP contribution in [0.4, 0.5) is 4.39 Å². The normalized spacial score (nSPS) is 16.4. The van der Waals surface area contributed by atoms with Gasteiger partial charge >= 0.3 is 0 Å². The lowest BCUT2D eigenvalue weighted by Crippen LogP contribution is -2.32. The zero-order chi connectivity index (χ0) is 11.5. The summed E-state index contributed by atoms with van der Waals surface area (Å²) in [5.74, 6) is -0.527. The van der Waals surface area contributed by atoms with Crippen LogP contribution in [0, 0.1) is 11.7 Å². The summed E-state index contributed by atoms with van der Waals surface area (Å²) in [4.78, 5) is 12.0. The van der Waals surface area contributed by atoms with E-state index in [1.807, 2.05) is 0 Å². The van der Waals surface area contributed by atoms with E-state index < -0.39 is 5.82 Å². The lowest BCUT2D eigenvalue weighted by Gasteiger charge is -2.21. The highest BCUT2D eigenvalue weighted by molar-refractivity contribution is 9.10. The zero-order valence-corrected chi connectivity index (χ0v) is 11.6. The number of Topliss-reactive ketones (excluding diaryl/α,β-unsaturated/α-hetero) is 1. The molecule has 5 heteroatoms. The first kappa shape index (κ1) is 14.6. The van der Waals surface area contributed by atoms with Crippen molar-refractivity contribution in [3.05, 3.63) is 34.1 Å². The average Bonchev–Trinajstić information content (AvgIpc) is 2.29. The molecule has 0 bridgehead atoms. The number of hydrogen-bond acceptors (Lipinski definition) is 2. The molecule has 0 saturated carbocycles. The highest BCUT2D eigenvalue weighted by atomic mass is 79.9. The van der Waals surface area contributed by atoms with Gasteiger partial charge in [0.05, 0.1) is 5.56 Å². The second kappa shape index (κ2) is 6.47. The molecule has 0 atom stereocenters. The third-order valence-corrected chi connectivity index (χ3v) is 3.40. The first-order chi connectivity index (χ1) is 7.68. The summed E-state index contributed by atoms with van der Waals surface area (Å²) in [6, 6.07) is 4.61. The van der Waals surface area contributed by atoms with Crippen LogP contribution in [0.3, 0.4) is 0 Å².